The lowest BCUT2D eigenvalue weighted by Gasteiger charge is -2.02. The summed E-state index contributed by atoms with van der Waals surface area (Å²) < 4.78 is 43.9. The zero-order valence-corrected chi connectivity index (χ0v) is 9.62. The minimum absolute atomic E-state index is 0.0404. The molecule has 7 heteroatoms. The van der Waals surface area contributed by atoms with Crippen molar-refractivity contribution in [1.82, 2.24) is 5.16 Å². The number of aromatic nitrogens is 1. The lowest BCUT2D eigenvalue weighted by atomic mass is 10.1. The van der Waals surface area contributed by atoms with Crippen LogP contribution >= 0.6 is 23.2 Å². The second-order valence-corrected chi connectivity index (χ2v) is 3.77. The molecule has 0 aliphatic heterocycles. The van der Waals surface area contributed by atoms with E-state index in [9.17, 15) is 13.2 Å². The van der Waals surface area contributed by atoms with Gasteiger partial charge in [0, 0.05) is 11.6 Å². The van der Waals surface area contributed by atoms with E-state index in [4.69, 9.17) is 23.2 Å². The van der Waals surface area contributed by atoms with Crippen LogP contribution in [0.25, 0.3) is 11.3 Å². The van der Waals surface area contributed by atoms with E-state index < -0.39 is 17.5 Å². The molecule has 1 heterocycles. The van der Waals surface area contributed by atoms with Crippen molar-refractivity contribution >= 4 is 23.2 Å². The van der Waals surface area contributed by atoms with Crippen molar-refractivity contribution in [2.75, 3.05) is 0 Å². The molecule has 17 heavy (non-hydrogen) atoms. The van der Waals surface area contributed by atoms with Gasteiger partial charge in [-0.15, -0.1) is 11.6 Å². The summed E-state index contributed by atoms with van der Waals surface area (Å²) >= 11 is 11.2. The van der Waals surface area contributed by atoms with E-state index in [2.05, 4.69) is 9.68 Å². The molecule has 1 aromatic carbocycles. The number of nitrogens with zero attached hydrogens (tertiary/aromatic N) is 1. The molecular weight excluding hydrogens is 278 g/mol. The highest BCUT2D eigenvalue weighted by Crippen LogP contribution is 2.32. The first-order chi connectivity index (χ1) is 8.04. The summed E-state index contributed by atoms with van der Waals surface area (Å²) in [6.45, 7) is 0. The Morgan fingerprint density at radius 1 is 1.12 bits per heavy atom. The second-order valence-electron chi connectivity index (χ2n) is 3.16. The highest BCUT2D eigenvalue weighted by molar-refractivity contribution is 6.31. The van der Waals surface area contributed by atoms with Gasteiger partial charge in [0.25, 0.3) is 0 Å². The summed E-state index contributed by atoms with van der Waals surface area (Å²) in [6.07, 6.45) is 0. The molecule has 0 amide bonds. The second kappa shape index (κ2) is 4.58. The lowest BCUT2D eigenvalue weighted by Crippen LogP contribution is -1.93. The molecule has 0 unspecified atom stereocenters. The van der Waals surface area contributed by atoms with Gasteiger partial charge >= 0.3 is 0 Å². The molecule has 0 aliphatic rings. The fourth-order valence-electron chi connectivity index (χ4n) is 1.32. The zero-order valence-electron chi connectivity index (χ0n) is 8.11. The monoisotopic (exact) mass is 281 g/mol. The van der Waals surface area contributed by atoms with Crippen molar-refractivity contribution in [1.29, 1.82) is 0 Å². The van der Waals surface area contributed by atoms with Gasteiger partial charge in [-0.2, -0.15) is 0 Å². The molecule has 0 atom stereocenters. The molecule has 0 radical (unpaired) electrons. The number of hydrogen-bond donors (Lipinski definition) is 0. The summed E-state index contributed by atoms with van der Waals surface area (Å²) in [7, 11) is 0. The van der Waals surface area contributed by atoms with Crippen molar-refractivity contribution in [2.45, 2.75) is 5.88 Å². The standard InChI is InChI=1S/C10H4Cl2F3NO/c11-3-5-9(16-17-10(5)12)4-1-7(14)8(15)2-6(4)13/h1-2H,3H2. The highest BCUT2D eigenvalue weighted by atomic mass is 35.5. The molecule has 0 spiro atoms. The van der Waals surface area contributed by atoms with Gasteiger partial charge in [-0.1, -0.05) is 5.16 Å². The Balaban J connectivity index is 2.64. The predicted molar refractivity (Wildman–Crippen MR) is 56.4 cm³/mol. The van der Waals surface area contributed by atoms with E-state index in [1.165, 1.54) is 0 Å². The van der Waals surface area contributed by atoms with Gasteiger partial charge in [-0.05, 0) is 17.7 Å². The van der Waals surface area contributed by atoms with Crippen LogP contribution in [-0.2, 0) is 5.88 Å². The fourth-order valence-corrected chi connectivity index (χ4v) is 1.83. The maximum Gasteiger partial charge on any atom is 0.231 e. The molecule has 0 fully saturated rings. The Hall–Kier alpha value is -1.20. The van der Waals surface area contributed by atoms with Crippen LogP contribution in [0.4, 0.5) is 13.2 Å². The Morgan fingerprint density at radius 2 is 1.76 bits per heavy atom. The smallest absolute Gasteiger partial charge is 0.231 e. The van der Waals surface area contributed by atoms with Gasteiger partial charge < -0.3 is 4.52 Å². The number of alkyl halides is 1. The average molecular weight is 282 g/mol. The lowest BCUT2D eigenvalue weighted by molar-refractivity contribution is 0.422. The molecule has 2 aromatic rings. The van der Waals surface area contributed by atoms with Crippen molar-refractivity contribution in [3.05, 3.63) is 40.4 Å². The van der Waals surface area contributed by atoms with Crippen LogP contribution in [0.1, 0.15) is 5.56 Å². The van der Waals surface area contributed by atoms with E-state index in [1.54, 1.807) is 0 Å². The molecule has 0 aliphatic carbocycles. The quantitative estimate of drug-likeness (QED) is 0.611. The van der Waals surface area contributed by atoms with Crippen molar-refractivity contribution < 1.29 is 17.7 Å². The van der Waals surface area contributed by atoms with E-state index in [0.717, 1.165) is 0 Å². The molecule has 2 rings (SSSR count). The maximum absolute atomic E-state index is 13.5. The third-order valence-electron chi connectivity index (χ3n) is 2.14. The van der Waals surface area contributed by atoms with E-state index in [1.807, 2.05) is 0 Å². The summed E-state index contributed by atoms with van der Waals surface area (Å²) in [4.78, 5) is 0. The summed E-state index contributed by atoms with van der Waals surface area (Å²) in [5.41, 5.74) is -0.0742. The van der Waals surface area contributed by atoms with Gasteiger partial charge in [0.2, 0.25) is 5.22 Å². The molecule has 0 saturated carbocycles. The Bertz CT molecular complexity index is 571. The maximum atomic E-state index is 13.5. The van der Waals surface area contributed by atoms with Gasteiger partial charge in [0.05, 0.1) is 11.4 Å². The fraction of sp³-hybridized carbons (Fsp3) is 0.100. The number of halogens is 5. The molecule has 1 aromatic heterocycles. The van der Waals surface area contributed by atoms with Crippen LogP contribution in [0.5, 0.6) is 0 Å². The third kappa shape index (κ3) is 2.12. The molecule has 0 saturated heterocycles. The van der Waals surface area contributed by atoms with Gasteiger partial charge in [-0.3, -0.25) is 0 Å². The first-order valence-electron chi connectivity index (χ1n) is 4.39. The van der Waals surface area contributed by atoms with Crippen molar-refractivity contribution in [3.63, 3.8) is 0 Å². The minimum atomic E-state index is -1.28. The number of benzene rings is 1. The van der Waals surface area contributed by atoms with Crippen LogP contribution in [0, 0.1) is 17.5 Å². The Labute approximate surface area is 104 Å². The van der Waals surface area contributed by atoms with Crippen LogP contribution < -0.4 is 0 Å². The topological polar surface area (TPSA) is 26.0 Å². The predicted octanol–water partition coefficient (Wildman–Crippen LogP) is 4.15. The Kier molecular flexibility index (Phi) is 3.31. The Morgan fingerprint density at radius 3 is 2.41 bits per heavy atom. The molecule has 0 bridgehead atoms. The largest absolute Gasteiger partial charge is 0.343 e. The van der Waals surface area contributed by atoms with E-state index >= 15 is 0 Å². The molecule has 90 valence electrons. The number of hydrogen-bond acceptors (Lipinski definition) is 2. The summed E-state index contributed by atoms with van der Waals surface area (Å²) in [5.74, 6) is -3.54. The van der Waals surface area contributed by atoms with Crippen molar-refractivity contribution in [3.8, 4) is 11.3 Å². The van der Waals surface area contributed by atoms with Crippen LogP contribution in [-0.4, -0.2) is 5.16 Å². The molecule has 2 nitrogen and oxygen atoms in total. The zero-order chi connectivity index (χ0) is 12.6. The van der Waals surface area contributed by atoms with Gasteiger partial charge in [-0.25, -0.2) is 13.2 Å². The normalized spacial score (nSPS) is 10.9. The van der Waals surface area contributed by atoms with Crippen LogP contribution in [0.2, 0.25) is 5.22 Å². The first kappa shape index (κ1) is 12.3. The summed E-state index contributed by atoms with van der Waals surface area (Å²) in [6, 6.07) is 1.10. The van der Waals surface area contributed by atoms with Gasteiger partial charge in [0.1, 0.15) is 11.5 Å². The van der Waals surface area contributed by atoms with E-state index in [-0.39, 0.29) is 27.9 Å². The first-order valence-corrected chi connectivity index (χ1v) is 5.30. The third-order valence-corrected chi connectivity index (χ3v) is 2.70. The molecule has 0 N–H and O–H groups in total. The van der Waals surface area contributed by atoms with E-state index in [0.29, 0.717) is 12.1 Å². The van der Waals surface area contributed by atoms with Crippen LogP contribution in [0.3, 0.4) is 0 Å². The number of rotatable bonds is 2. The minimum Gasteiger partial charge on any atom is -0.343 e. The van der Waals surface area contributed by atoms with Crippen molar-refractivity contribution in [2.24, 2.45) is 0 Å². The average Bonchev–Trinajstić information content (AvgIpc) is 2.64. The van der Waals surface area contributed by atoms with Crippen LogP contribution in [0.15, 0.2) is 16.7 Å². The highest BCUT2D eigenvalue weighted by Gasteiger charge is 2.20. The SMILES string of the molecule is Fc1cc(F)c(-c2noc(Cl)c2CCl)cc1F. The summed E-state index contributed by atoms with van der Waals surface area (Å²) in [5, 5.41) is 3.36. The molecular formula is C10H4Cl2F3NO. The van der Waals surface area contributed by atoms with Gasteiger partial charge in [0.15, 0.2) is 11.6 Å².